The zero-order valence-corrected chi connectivity index (χ0v) is 16.8. The number of aryl methyl sites for hydroxylation is 1. The summed E-state index contributed by atoms with van der Waals surface area (Å²) in [6.07, 6.45) is -12.1. The van der Waals surface area contributed by atoms with Crippen molar-refractivity contribution in [3.05, 3.63) is 16.0 Å². The van der Waals surface area contributed by atoms with Gasteiger partial charge in [0.05, 0.1) is 6.54 Å². The Labute approximate surface area is 177 Å². The van der Waals surface area contributed by atoms with Crippen LogP contribution in [0.2, 0.25) is 0 Å². The molecule has 0 saturated carbocycles. The Kier molecular flexibility index (Phi) is 6.29. The minimum absolute atomic E-state index is 0.172. The summed E-state index contributed by atoms with van der Waals surface area (Å²) < 4.78 is 80.7. The highest BCUT2D eigenvalue weighted by Gasteiger charge is 2.53. The molecule has 3 rings (SSSR count). The largest absolute Gasteiger partial charge is 0.493 e. The molecule has 1 unspecified atom stereocenters. The molecule has 9 nitrogen and oxygen atoms in total. The van der Waals surface area contributed by atoms with E-state index in [0.29, 0.717) is 17.8 Å². The fourth-order valence-electron chi connectivity index (χ4n) is 3.44. The van der Waals surface area contributed by atoms with Crippen LogP contribution in [0.4, 0.5) is 37.7 Å². The lowest BCUT2D eigenvalue weighted by Crippen LogP contribution is -2.61. The number of piperazine rings is 1. The van der Waals surface area contributed by atoms with Crippen molar-refractivity contribution in [2.24, 2.45) is 7.05 Å². The SMILES string of the molecule is CC#CCN1c2c(c(C(F)(F)F)nn(C)c2=O)N(OC(=O)C(F)(F)F)C1N1CCNCC1. The van der Waals surface area contributed by atoms with Crippen LogP contribution in [0.25, 0.3) is 0 Å². The van der Waals surface area contributed by atoms with Crippen LogP contribution < -0.4 is 20.8 Å². The number of hydroxylamine groups is 1. The fraction of sp³-hybridized carbons (Fsp3) is 0.588. The van der Waals surface area contributed by atoms with Gasteiger partial charge in [-0.1, -0.05) is 5.92 Å². The molecular formula is C17H18F6N6O3. The van der Waals surface area contributed by atoms with Gasteiger partial charge in [0.25, 0.3) is 5.56 Å². The summed E-state index contributed by atoms with van der Waals surface area (Å²) in [6, 6.07) is 0. The van der Waals surface area contributed by atoms with Gasteiger partial charge >= 0.3 is 18.3 Å². The van der Waals surface area contributed by atoms with Gasteiger partial charge in [-0.05, 0) is 6.92 Å². The quantitative estimate of drug-likeness (QED) is 0.512. The maximum Gasteiger partial charge on any atom is 0.493 e. The monoisotopic (exact) mass is 468 g/mol. The van der Waals surface area contributed by atoms with Crippen molar-refractivity contribution >= 4 is 17.3 Å². The Morgan fingerprint density at radius 3 is 2.34 bits per heavy atom. The molecule has 0 aliphatic carbocycles. The van der Waals surface area contributed by atoms with Crippen molar-refractivity contribution < 1.29 is 36.0 Å². The van der Waals surface area contributed by atoms with Crippen LogP contribution in [0.3, 0.4) is 0 Å². The molecule has 2 aliphatic rings. The molecule has 1 aromatic rings. The van der Waals surface area contributed by atoms with Crippen molar-refractivity contribution in [1.82, 2.24) is 20.0 Å². The molecule has 0 bridgehead atoms. The lowest BCUT2D eigenvalue weighted by Gasteiger charge is -2.40. The third-order valence-electron chi connectivity index (χ3n) is 4.78. The zero-order valence-electron chi connectivity index (χ0n) is 16.8. The molecule has 2 aliphatic heterocycles. The molecule has 0 radical (unpaired) electrons. The van der Waals surface area contributed by atoms with E-state index in [0.717, 1.165) is 11.9 Å². The average molecular weight is 468 g/mol. The molecule has 0 spiro atoms. The number of nitrogens with one attached hydrogen (secondary N) is 1. The molecule has 0 aromatic carbocycles. The Morgan fingerprint density at radius 1 is 1.19 bits per heavy atom. The van der Waals surface area contributed by atoms with Crippen LogP contribution in [0, 0.1) is 11.8 Å². The van der Waals surface area contributed by atoms with Gasteiger partial charge < -0.3 is 15.1 Å². The number of hydrogen-bond acceptors (Lipinski definition) is 8. The van der Waals surface area contributed by atoms with E-state index in [2.05, 4.69) is 27.1 Å². The van der Waals surface area contributed by atoms with E-state index in [1.54, 1.807) is 0 Å². The van der Waals surface area contributed by atoms with Gasteiger partial charge in [-0.2, -0.15) is 36.5 Å². The van der Waals surface area contributed by atoms with Gasteiger partial charge in [-0.3, -0.25) is 9.69 Å². The Hall–Kier alpha value is -2.99. The molecule has 1 atom stereocenters. The molecule has 1 fully saturated rings. The van der Waals surface area contributed by atoms with E-state index in [9.17, 15) is 35.9 Å². The highest BCUT2D eigenvalue weighted by Crippen LogP contribution is 2.46. The molecule has 32 heavy (non-hydrogen) atoms. The lowest BCUT2D eigenvalue weighted by molar-refractivity contribution is -0.203. The van der Waals surface area contributed by atoms with E-state index in [-0.39, 0.29) is 24.7 Å². The number of hydrogen-bond donors (Lipinski definition) is 1. The number of aromatic nitrogens is 2. The number of nitrogens with zero attached hydrogens (tertiary/aromatic N) is 5. The first-order chi connectivity index (χ1) is 14.9. The van der Waals surface area contributed by atoms with Gasteiger partial charge in [0.2, 0.25) is 0 Å². The van der Waals surface area contributed by atoms with Crippen molar-refractivity contribution in [2.45, 2.75) is 25.6 Å². The zero-order chi connectivity index (χ0) is 23.8. The molecule has 3 heterocycles. The number of carbonyl (C=O) groups excluding carboxylic acids is 1. The minimum Gasteiger partial charge on any atom is -0.329 e. The molecule has 1 saturated heterocycles. The minimum atomic E-state index is -5.49. The summed E-state index contributed by atoms with van der Waals surface area (Å²) in [5, 5.41) is 6.37. The first-order valence-corrected chi connectivity index (χ1v) is 9.25. The molecule has 176 valence electrons. The van der Waals surface area contributed by atoms with E-state index < -0.39 is 47.2 Å². The maximum absolute atomic E-state index is 13.8. The second kappa shape index (κ2) is 8.51. The first-order valence-electron chi connectivity index (χ1n) is 9.25. The fourth-order valence-corrected chi connectivity index (χ4v) is 3.44. The van der Waals surface area contributed by atoms with Crippen LogP contribution in [0.1, 0.15) is 12.6 Å². The lowest BCUT2D eigenvalue weighted by atomic mass is 10.2. The maximum atomic E-state index is 13.8. The van der Waals surface area contributed by atoms with Gasteiger partial charge in [0.15, 0.2) is 12.0 Å². The van der Waals surface area contributed by atoms with E-state index in [1.165, 1.54) is 11.8 Å². The van der Waals surface area contributed by atoms with Gasteiger partial charge in [0.1, 0.15) is 11.4 Å². The van der Waals surface area contributed by atoms with E-state index in [4.69, 9.17) is 0 Å². The number of rotatable bonds is 3. The number of halogens is 6. The summed E-state index contributed by atoms with van der Waals surface area (Å²) >= 11 is 0. The van der Waals surface area contributed by atoms with Gasteiger partial charge in [-0.25, -0.2) is 9.48 Å². The van der Waals surface area contributed by atoms with Crippen LogP contribution >= 0.6 is 0 Å². The number of alkyl halides is 6. The third-order valence-corrected chi connectivity index (χ3v) is 4.78. The van der Waals surface area contributed by atoms with Gasteiger partial charge in [0, 0.05) is 33.2 Å². The summed E-state index contributed by atoms with van der Waals surface area (Å²) in [6.45, 7) is 2.24. The number of carbonyl (C=O) groups is 1. The van der Waals surface area contributed by atoms with E-state index >= 15 is 0 Å². The summed E-state index contributed by atoms with van der Waals surface area (Å²) in [7, 11) is 0.978. The summed E-state index contributed by atoms with van der Waals surface area (Å²) in [5.74, 6) is 2.40. The summed E-state index contributed by atoms with van der Waals surface area (Å²) in [5.41, 5.74) is -4.37. The Bertz CT molecular complexity index is 1010. The molecule has 1 N–H and O–H groups in total. The van der Waals surface area contributed by atoms with Crippen molar-refractivity contribution in [3.63, 3.8) is 0 Å². The second-order valence-electron chi connectivity index (χ2n) is 6.86. The normalized spacial score (nSPS) is 19.4. The Balaban J connectivity index is 2.28. The standard InChI is InChI=1S/C17H18F6N6O3/c1-3-4-7-28-11-10(12(16(18,19)20)25-26(2)13(11)30)29(32-14(31)17(21,22)23)15(28)27-8-5-24-6-9-27/h15,24H,5-9H2,1-2H3. The topological polar surface area (TPSA) is 82.9 Å². The Morgan fingerprint density at radius 2 is 1.81 bits per heavy atom. The van der Waals surface area contributed by atoms with E-state index in [1.807, 2.05) is 0 Å². The molecular weight excluding hydrogens is 450 g/mol. The van der Waals surface area contributed by atoms with Crippen molar-refractivity contribution in [1.29, 1.82) is 0 Å². The summed E-state index contributed by atoms with van der Waals surface area (Å²) in [4.78, 5) is 31.4. The molecule has 15 heteroatoms. The van der Waals surface area contributed by atoms with Gasteiger partial charge in [-0.15, -0.1) is 5.92 Å². The molecule has 0 amide bonds. The number of fused-ring (bicyclic) bond motifs is 1. The highest BCUT2D eigenvalue weighted by molar-refractivity contribution is 5.82. The smallest absolute Gasteiger partial charge is 0.329 e. The van der Waals surface area contributed by atoms with Crippen LogP contribution in [-0.4, -0.2) is 65.8 Å². The molecule has 1 aromatic heterocycles. The predicted octanol–water partition coefficient (Wildman–Crippen LogP) is 0.658. The highest BCUT2D eigenvalue weighted by atomic mass is 19.4. The van der Waals surface area contributed by atoms with Crippen LogP contribution in [-0.2, 0) is 22.9 Å². The first kappa shape index (κ1) is 23.7. The predicted molar refractivity (Wildman–Crippen MR) is 98.1 cm³/mol. The average Bonchev–Trinajstić information content (AvgIpc) is 3.02. The second-order valence-corrected chi connectivity index (χ2v) is 6.86. The van der Waals surface area contributed by atoms with Crippen molar-refractivity contribution in [2.75, 3.05) is 42.7 Å². The third kappa shape index (κ3) is 4.32. The number of anilines is 2. The van der Waals surface area contributed by atoms with Crippen LogP contribution in [0.15, 0.2) is 4.79 Å². The van der Waals surface area contributed by atoms with Crippen molar-refractivity contribution in [3.8, 4) is 11.8 Å². The van der Waals surface area contributed by atoms with Crippen LogP contribution in [0.5, 0.6) is 0 Å².